The molecular weight excluding hydrogens is 347 g/mol. The van der Waals surface area contributed by atoms with Crippen LogP contribution in [0.3, 0.4) is 0 Å². The molecule has 0 bridgehead atoms. The van der Waals surface area contributed by atoms with Gasteiger partial charge in [0, 0.05) is 17.6 Å². The predicted octanol–water partition coefficient (Wildman–Crippen LogP) is 5.36. The van der Waals surface area contributed by atoms with Crippen molar-refractivity contribution in [1.29, 1.82) is 0 Å². The third-order valence-corrected chi connectivity index (χ3v) is 5.33. The lowest BCUT2D eigenvalue weighted by Gasteiger charge is -2.39. The molecule has 1 amide bonds. The van der Waals surface area contributed by atoms with Crippen LogP contribution in [0.5, 0.6) is 0 Å². The van der Waals surface area contributed by atoms with Crippen molar-refractivity contribution in [2.24, 2.45) is 0 Å². The highest BCUT2D eigenvalue weighted by atomic mass is 35.5. The monoisotopic (exact) mass is 366 g/mol. The van der Waals surface area contributed by atoms with Crippen LogP contribution < -0.4 is 0 Å². The number of hydrogen-bond acceptors (Lipinski definition) is 3. The summed E-state index contributed by atoms with van der Waals surface area (Å²) in [5, 5.41) is 4.98. The molecule has 2 atom stereocenters. The predicted molar refractivity (Wildman–Crippen MR) is 95.6 cm³/mol. The summed E-state index contributed by atoms with van der Waals surface area (Å²) in [5.41, 5.74) is 1.40. The third-order valence-electron chi connectivity index (χ3n) is 4.70. The van der Waals surface area contributed by atoms with Gasteiger partial charge in [-0.15, -0.1) is 0 Å². The Morgan fingerprint density at radius 2 is 1.79 bits per heavy atom. The van der Waals surface area contributed by atoms with E-state index in [2.05, 4.69) is 19.0 Å². The number of aryl methyl sites for hydroxylation is 1. The Labute approximate surface area is 151 Å². The molecule has 2 heterocycles. The average molecular weight is 367 g/mol. The van der Waals surface area contributed by atoms with Crippen molar-refractivity contribution >= 4 is 29.1 Å². The molecule has 1 aromatic heterocycles. The summed E-state index contributed by atoms with van der Waals surface area (Å²) in [6, 6.07) is 5.59. The highest BCUT2D eigenvalue weighted by molar-refractivity contribution is 6.39. The van der Waals surface area contributed by atoms with Crippen LogP contribution in [0.1, 0.15) is 49.2 Å². The van der Waals surface area contributed by atoms with E-state index in [1.165, 1.54) is 0 Å². The molecule has 3 rings (SSSR count). The first kappa shape index (κ1) is 17.3. The van der Waals surface area contributed by atoms with Gasteiger partial charge in [-0.2, -0.15) is 0 Å². The number of likely N-dealkylation sites (tertiary alicyclic amines) is 1. The fourth-order valence-corrected chi connectivity index (χ4v) is 4.05. The van der Waals surface area contributed by atoms with E-state index >= 15 is 0 Å². The molecule has 0 saturated carbocycles. The second-order valence-electron chi connectivity index (χ2n) is 6.40. The Bertz CT molecular complexity index is 742. The van der Waals surface area contributed by atoms with Crippen LogP contribution in [0.2, 0.25) is 10.0 Å². The van der Waals surface area contributed by atoms with Crippen molar-refractivity contribution in [2.45, 2.75) is 52.1 Å². The number of halogens is 2. The smallest absolute Gasteiger partial charge is 0.260 e. The molecule has 2 aromatic rings. The molecular formula is C18H20Cl2N2O2. The van der Waals surface area contributed by atoms with Gasteiger partial charge in [-0.3, -0.25) is 4.79 Å². The number of hydrogen-bond donors (Lipinski definition) is 0. The molecule has 1 aliphatic heterocycles. The summed E-state index contributed by atoms with van der Waals surface area (Å²) >= 11 is 12.6. The van der Waals surface area contributed by atoms with Gasteiger partial charge in [0.05, 0.1) is 10.0 Å². The van der Waals surface area contributed by atoms with Crippen molar-refractivity contribution in [1.82, 2.24) is 10.1 Å². The van der Waals surface area contributed by atoms with Crippen LogP contribution in [0.25, 0.3) is 11.3 Å². The lowest BCUT2D eigenvalue weighted by Crippen LogP contribution is -2.47. The van der Waals surface area contributed by atoms with E-state index in [0.29, 0.717) is 32.6 Å². The van der Waals surface area contributed by atoms with Crippen molar-refractivity contribution in [3.8, 4) is 11.3 Å². The van der Waals surface area contributed by atoms with E-state index < -0.39 is 0 Å². The van der Waals surface area contributed by atoms with E-state index in [0.717, 1.165) is 19.3 Å². The zero-order chi connectivity index (χ0) is 17.4. The van der Waals surface area contributed by atoms with Crippen LogP contribution in [0.15, 0.2) is 22.7 Å². The van der Waals surface area contributed by atoms with Gasteiger partial charge in [-0.25, -0.2) is 0 Å². The average Bonchev–Trinajstić information content (AvgIpc) is 2.88. The molecule has 0 spiro atoms. The van der Waals surface area contributed by atoms with Gasteiger partial charge in [0.25, 0.3) is 5.91 Å². The van der Waals surface area contributed by atoms with E-state index in [9.17, 15) is 4.79 Å². The fourth-order valence-electron chi connectivity index (χ4n) is 3.47. The fraction of sp³-hybridized carbons (Fsp3) is 0.444. The summed E-state index contributed by atoms with van der Waals surface area (Å²) in [4.78, 5) is 15.2. The third kappa shape index (κ3) is 2.93. The molecule has 1 aliphatic rings. The zero-order valence-electron chi connectivity index (χ0n) is 14.0. The number of rotatable bonds is 2. The van der Waals surface area contributed by atoms with Gasteiger partial charge >= 0.3 is 0 Å². The maximum Gasteiger partial charge on any atom is 0.260 e. The summed E-state index contributed by atoms with van der Waals surface area (Å²) < 4.78 is 5.33. The number of carbonyl (C=O) groups is 1. The van der Waals surface area contributed by atoms with Crippen molar-refractivity contribution in [3.63, 3.8) is 0 Å². The second kappa shape index (κ2) is 6.77. The molecule has 24 heavy (non-hydrogen) atoms. The molecule has 1 saturated heterocycles. The summed E-state index contributed by atoms with van der Waals surface area (Å²) in [7, 11) is 0. The molecule has 6 heteroatoms. The minimum Gasteiger partial charge on any atom is -0.360 e. The van der Waals surface area contributed by atoms with E-state index in [-0.39, 0.29) is 18.0 Å². The first-order chi connectivity index (χ1) is 11.4. The lowest BCUT2D eigenvalue weighted by atomic mass is 9.95. The number of carbonyl (C=O) groups excluding carboxylic acids is 1. The molecule has 0 N–H and O–H groups in total. The second-order valence-corrected chi connectivity index (χ2v) is 7.21. The van der Waals surface area contributed by atoms with Gasteiger partial charge in [-0.05, 0) is 52.2 Å². The number of benzene rings is 1. The van der Waals surface area contributed by atoms with Gasteiger partial charge < -0.3 is 9.42 Å². The van der Waals surface area contributed by atoms with Crippen molar-refractivity contribution in [3.05, 3.63) is 39.6 Å². The highest BCUT2D eigenvalue weighted by Gasteiger charge is 2.34. The minimum atomic E-state index is -0.0700. The van der Waals surface area contributed by atoms with Crippen LogP contribution in [-0.2, 0) is 0 Å². The molecule has 1 aromatic carbocycles. The zero-order valence-corrected chi connectivity index (χ0v) is 15.5. The topological polar surface area (TPSA) is 46.3 Å². The van der Waals surface area contributed by atoms with Crippen LogP contribution in [0, 0.1) is 6.92 Å². The Morgan fingerprint density at radius 3 is 2.38 bits per heavy atom. The Balaban J connectivity index is 2.09. The van der Waals surface area contributed by atoms with Crippen LogP contribution in [0.4, 0.5) is 0 Å². The van der Waals surface area contributed by atoms with E-state index in [1.807, 2.05) is 4.90 Å². The van der Waals surface area contributed by atoms with Gasteiger partial charge in [0.2, 0.25) is 0 Å². The number of amides is 1. The maximum absolute atomic E-state index is 13.3. The van der Waals surface area contributed by atoms with E-state index in [1.54, 1.807) is 25.1 Å². The summed E-state index contributed by atoms with van der Waals surface area (Å²) in [6.07, 6.45) is 3.14. The highest BCUT2D eigenvalue weighted by Crippen LogP contribution is 2.38. The molecule has 4 nitrogen and oxygen atoms in total. The molecule has 0 radical (unpaired) electrons. The molecule has 0 aliphatic carbocycles. The van der Waals surface area contributed by atoms with E-state index in [4.69, 9.17) is 27.7 Å². The van der Waals surface area contributed by atoms with Crippen LogP contribution in [-0.4, -0.2) is 28.0 Å². The lowest BCUT2D eigenvalue weighted by molar-refractivity contribution is 0.0510. The van der Waals surface area contributed by atoms with Gasteiger partial charge in [0.15, 0.2) is 0 Å². The number of piperidine rings is 1. The van der Waals surface area contributed by atoms with Crippen molar-refractivity contribution < 1.29 is 9.32 Å². The Kier molecular flexibility index (Phi) is 4.88. The quantitative estimate of drug-likeness (QED) is 0.718. The maximum atomic E-state index is 13.3. The molecule has 128 valence electrons. The normalized spacial score (nSPS) is 21.1. The van der Waals surface area contributed by atoms with Gasteiger partial charge in [0.1, 0.15) is 17.0 Å². The SMILES string of the molecule is Cc1onc(-c2c(Cl)cccc2Cl)c1C(=O)N1[C@@H](C)CCC[C@@H]1C. The molecule has 0 unspecified atom stereocenters. The first-order valence-electron chi connectivity index (χ1n) is 8.15. The standard InChI is InChI=1S/C18H20Cl2N2O2/c1-10-6-4-7-11(2)22(10)18(23)15-12(3)24-21-17(15)16-13(19)8-5-9-14(16)20/h5,8-11H,4,6-7H2,1-3H3/t10-,11-/m0/s1. The van der Waals surface area contributed by atoms with Gasteiger partial charge in [-0.1, -0.05) is 34.4 Å². The first-order valence-corrected chi connectivity index (χ1v) is 8.90. The number of aromatic nitrogens is 1. The molecule has 1 fully saturated rings. The summed E-state index contributed by atoms with van der Waals surface area (Å²) in [5.74, 6) is 0.412. The Hall–Kier alpha value is -1.52. The number of nitrogens with zero attached hydrogens (tertiary/aromatic N) is 2. The van der Waals surface area contributed by atoms with Crippen LogP contribution >= 0.6 is 23.2 Å². The minimum absolute atomic E-state index is 0.0700. The van der Waals surface area contributed by atoms with Crippen molar-refractivity contribution in [2.75, 3.05) is 0 Å². The Morgan fingerprint density at radius 1 is 1.21 bits per heavy atom. The summed E-state index contributed by atoms with van der Waals surface area (Å²) in [6.45, 7) is 5.91. The largest absolute Gasteiger partial charge is 0.360 e.